The average molecular weight is 326 g/mol. The number of ether oxygens (including phenoxy) is 2. The van der Waals surface area contributed by atoms with Crippen molar-refractivity contribution in [3.8, 4) is 0 Å². The van der Waals surface area contributed by atoms with Crippen molar-refractivity contribution in [3.63, 3.8) is 0 Å². The van der Waals surface area contributed by atoms with Gasteiger partial charge in [0.05, 0.1) is 6.42 Å². The molecule has 2 rings (SSSR count). The first kappa shape index (κ1) is 17.4. The van der Waals surface area contributed by atoms with Crippen LogP contribution >= 0.6 is 0 Å². The zero-order valence-electron chi connectivity index (χ0n) is 13.1. The van der Waals surface area contributed by atoms with Crippen LogP contribution in [0.2, 0.25) is 0 Å². The molecule has 0 fully saturated rings. The van der Waals surface area contributed by atoms with Crippen molar-refractivity contribution < 1.29 is 23.9 Å². The number of ketones is 1. The number of esters is 2. The molecule has 0 heterocycles. The molecule has 124 valence electrons. The second kappa shape index (κ2) is 9.25. The van der Waals surface area contributed by atoms with E-state index in [4.69, 9.17) is 9.47 Å². The smallest absolute Gasteiger partial charge is 0.374 e. The van der Waals surface area contributed by atoms with Gasteiger partial charge < -0.3 is 9.47 Å². The van der Waals surface area contributed by atoms with Crippen LogP contribution in [-0.2, 0) is 37.1 Å². The van der Waals surface area contributed by atoms with E-state index in [0.717, 1.165) is 11.1 Å². The van der Waals surface area contributed by atoms with E-state index in [0.29, 0.717) is 0 Å². The summed E-state index contributed by atoms with van der Waals surface area (Å²) in [6.07, 6.45) is -0.368. The number of carbonyl (C=O) groups excluding carboxylic acids is 3. The summed E-state index contributed by atoms with van der Waals surface area (Å²) in [6, 6.07) is 18.3. The fourth-order valence-corrected chi connectivity index (χ4v) is 1.93. The summed E-state index contributed by atoms with van der Waals surface area (Å²) in [5.74, 6) is -2.19. The van der Waals surface area contributed by atoms with Gasteiger partial charge in [-0.1, -0.05) is 60.7 Å². The molecule has 0 aromatic heterocycles. The third-order valence-electron chi connectivity index (χ3n) is 3.24. The Labute approximate surface area is 140 Å². The van der Waals surface area contributed by atoms with Crippen molar-refractivity contribution in [2.24, 2.45) is 0 Å². The Morgan fingerprint density at radius 1 is 0.667 bits per heavy atom. The fourth-order valence-electron chi connectivity index (χ4n) is 1.93. The van der Waals surface area contributed by atoms with Crippen molar-refractivity contribution in [3.05, 3.63) is 71.8 Å². The van der Waals surface area contributed by atoms with Gasteiger partial charge in [0.25, 0.3) is 0 Å². The van der Waals surface area contributed by atoms with Crippen LogP contribution in [-0.4, -0.2) is 17.7 Å². The first-order chi connectivity index (χ1) is 11.6. The molecule has 2 aromatic rings. The van der Waals surface area contributed by atoms with Crippen molar-refractivity contribution in [1.82, 2.24) is 0 Å². The fraction of sp³-hybridized carbons (Fsp3) is 0.211. The van der Waals surface area contributed by atoms with Crippen molar-refractivity contribution in [1.29, 1.82) is 0 Å². The number of hydrogen-bond donors (Lipinski definition) is 0. The molecule has 5 nitrogen and oxygen atoms in total. The molecule has 0 atom stereocenters. The lowest BCUT2D eigenvalue weighted by molar-refractivity contribution is -0.155. The lowest BCUT2D eigenvalue weighted by Gasteiger charge is -2.05. The minimum Gasteiger partial charge on any atom is -0.461 e. The lowest BCUT2D eigenvalue weighted by Crippen LogP contribution is -2.18. The Balaban J connectivity index is 1.66. The number of Topliss-reactive ketones (excluding diaryl/α,β-unsaturated/α-hetero) is 1. The van der Waals surface area contributed by atoms with E-state index in [2.05, 4.69) is 0 Å². The summed E-state index contributed by atoms with van der Waals surface area (Å²) < 4.78 is 9.96. The molecule has 0 aliphatic rings. The van der Waals surface area contributed by atoms with Crippen LogP contribution in [0.25, 0.3) is 0 Å². The van der Waals surface area contributed by atoms with Gasteiger partial charge in [-0.05, 0) is 11.1 Å². The van der Waals surface area contributed by atoms with Crippen LogP contribution in [0.1, 0.15) is 24.0 Å². The zero-order chi connectivity index (χ0) is 17.2. The van der Waals surface area contributed by atoms with Crippen molar-refractivity contribution >= 4 is 17.7 Å². The molecule has 0 unspecified atom stereocenters. The third kappa shape index (κ3) is 6.04. The number of rotatable bonds is 8. The quantitative estimate of drug-likeness (QED) is 0.551. The molecule has 0 saturated carbocycles. The first-order valence-corrected chi connectivity index (χ1v) is 7.58. The SMILES string of the molecule is O=C(CCC(=O)C(=O)OCc1ccccc1)OCc1ccccc1. The monoisotopic (exact) mass is 326 g/mol. The molecular weight excluding hydrogens is 308 g/mol. The maximum Gasteiger partial charge on any atom is 0.374 e. The minimum absolute atomic E-state index is 0.0316. The van der Waals surface area contributed by atoms with Gasteiger partial charge in [-0.2, -0.15) is 0 Å². The third-order valence-corrected chi connectivity index (χ3v) is 3.24. The van der Waals surface area contributed by atoms with Gasteiger partial charge in [0, 0.05) is 6.42 Å². The normalized spacial score (nSPS) is 10.0. The Hall–Kier alpha value is -2.95. The molecule has 24 heavy (non-hydrogen) atoms. The molecule has 0 bridgehead atoms. The van der Waals surface area contributed by atoms with Crippen LogP contribution in [0, 0.1) is 0 Å². The summed E-state index contributed by atoms with van der Waals surface area (Å²) in [6.45, 7) is 0.177. The molecule has 5 heteroatoms. The van der Waals surface area contributed by atoms with E-state index in [-0.39, 0.29) is 26.1 Å². The summed E-state index contributed by atoms with van der Waals surface area (Å²) in [7, 11) is 0. The van der Waals surface area contributed by atoms with Gasteiger partial charge in [-0.25, -0.2) is 4.79 Å². The predicted octanol–water partition coefficient (Wildman–Crippen LogP) is 2.82. The first-order valence-electron chi connectivity index (χ1n) is 7.58. The van der Waals surface area contributed by atoms with Gasteiger partial charge in [-0.15, -0.1) is 0 Å². The highest BCUT2D eigenvalue weighted by Crippen LogP contribution is 2.05. The number of carbonyl (C=O) groups is 3. The molecule has 0 saturated heterocycles. The lowest BCUT2D eigenvalue weighted by atomic mass is 10.2. The molecular formula is C19H18O5. The van der Waals surface area contributed by atoms with Crippen molar-refractivity contribution in [2.75, 3.05) is 0 Å². The van der Waals surface area contributed by atoms with Crippen LogP contribution in [0.4, 0.5) is 0 Å². The Bertz CT molecular complexity index is 679. The van der Waals surface area contributed by atoms with Gasteiger partial charge in [-0.3, -0.25) is 9.59 Å². The highest BCUT2D eigenvalue weighted by Gasteiger charge is 2.17. The molecule has 0 aliphatic carbocycles. The van der Waals surface area contributed by atoms with Crippen molar-refractivity contribution in [2.45, 2.75) is 26.1 Å². The predicted molar refractivity (Wildman–Crippen MR) is 86.7 cm³/mol. The van der Waals surface area contributed by atoms with Crippen LogP contribution < -0.4 is 0 Å². The van der Waals surface area contributed by atoms with E-state index in [1.165, 1.54) is 0 Å². The molecule has 0 aliphatic heterocycles. The van der Waals surface area contributed by atoms with Gasteiger partial charge in [0.1, 0.15) is 13.2 Å². The maximum atomic E-state index is 11.7. The molecule has 0 N–H and O–H groups in total. The largest absolute Gasteiger partial charge is 0.461 e. The van der Waals surface area contributed by atoms with Gasteiger partial charge >= 0.3 is 11.9 Å². The van der Waals surface area contributed by atoms with E-state index >= 15 is 0 Å². The van der Waals surface area contributed by atoms with Crippen LogP contribution in [0.15, 0.2) is 60.7 Å². The summed E-state index contributed by atoms with van der Waals surface area (Å²) >= 11 is 0. The van der Waals surface area contributed by atoms with Gasteiger partial charge in [0.2, 0.25) is 5.78 Å². The maximum absolute atomic E-state index is 11.7. The average Bonchev–Trinajstić information content (AvgIpc) is 2.64. The van der Waals surface area contributed by atoms with E-state index < -0.39 is 17.7 Å². The van der Waals surface area contributed by atoms with Gasteiger partial charge in [0.15, 0.2) is 0 Å². The molecule has 0 radical (unpaired) electrons. The summed E-state index contributed by atoms with van der Waals surface area (Å²) in [5, 5.41) is 0. The standard InChI is InChI=1S/C19H18O5/c20-17(19(22)24-14-16-9-5-2-6-10-16)11-12-18(21)23-13-15-7-3-1-4-8-15/h1-10H,11-14H2. The highest BCUT2D eigenvalue weighted by molar-refractivity contribution is 6.33. The van der Waals surface area contributed by atoms with Crippen LogP contribution in [0.3, 0.4) is 0 Å². The highest BCUT2D eigenvalue weighted by atomic mass is 16.5. The Kier molecular flexibility index (Phi) is 6.71. The minimum atomic E-state index is -0.935. The van der Waals surface area contributed by atoms with E-state index in [1.54, 1.807) is 12.1 Å². The Morgan fingerprint density at radius 3 is 1.71 bits per heavy atom. The number of benzene rings is 2. The second-order valence-electron chi connectivity index (χ2n) is 5.13. The molecule has 0 spiro atoms. The zero-order valence-corrected chi connectivity index (χ0v) is 13.1. The molecule has 2 aromatic carbocycles. The summed E-state index contributed by atoms with van der Waals surface area (Å²) in [5.41, 5.74) is 1.65. The van der Waals surface area contributed by atoms with E-state index in [9.17, 15) is 14.4 Å². The Morgan fingerprint density at radius 2 is 1.17 bits per heavy atom. The second-order valence-corrected chi connectivity index (χ2v) is 5.13. The van der Waals surface area contributed by atoms with E-state index in [1.807, 2.05) is 48.5 Å². The number of hydrogen-bond acceptors (Lipinski definition) is 5. The topological polar surface area (TPSA) is 69.7 Å². The molecule has 0 amide bonds. The van der Waals surface area contributed by atoms with Crippen LogP contribution in [0.5, 0.6) is 0 Å². The summed E-state index contributed by atoms with van der Waals surface area (Å²) in [4.78, 5) is 34.8.